The summed E-state index contributed by atoms with van der Waals surface area (Å²) in [6, 6.07) is 9.69. The molecule has 0 unspecified atom stereocenters. The molecule has 2 N–H and O–H groups in total. The maximum atomic E-state index is 13.0. The van der Waals surface area contributed by atoms with Gasteiger partial charge in [-0.1, -0.05) is 6.07 Å². The van der Waals surface area contributed by atoms with E-state index in [-0.39, 0.29) is 13.0 Å². The van der Waals surface area contributed by atoms with Crippen LogP contribution >= 0.6 is 0 Å². The van der Waals surface area contributed by atoms with E-state index in [4.69, 9.17) is 0 Å². The molecule has 0 aliphatic rings. The van der Waals surface area contributed by atoms with Gasteiger partial charge in [0, 0.05) is 30.9 Å². The summed E-state index contributed by atoms with van der Waals surface area (Å²) >= 11 is 0. The van der Waals surface area contributed by atoms with E-state index in [2.05, 4.69) is 25.3 Å². The van der Waals surface area contributed by atoms with Crippen molar-refractivity contribution in [1.82, 2.24) is 19.9 Å². The number of hydrogen-bond donors (Lipinski definition) is 2. The zero-order chi connectivity index (χ0) is 21.9. The Kier molecular flexibility index (Phi) is 6.02. The van der Waals surface area contributed by atoms with E-state index in [1.165, 1.54) is 6.07 Å². The van der Waals surface area contributed by atoms with Crippen molar-refractivity contribution in [1.29, 1.82) is 0 Å². The highest BCUT2D eigenvalue weighted by Crippen LogP contribution is 2.28. The monoisotopic (exact) mass is 417 g/mol. The molecule has 0 bridgehead atoms. The summed E-state index contributed by atoms with van der Waals surface area (Å²) in [6.07, 6.45) is -3.32. The van der Waals surface area contributed by atoms with Gasteiger partial charge in [-0.3, -0.25) is 9.97 Å². The van der Waals surface area contributed by atoms with E-state index in [0.29, 0.717) is 28.6 Å². The lowest BCUT2D eigenvalue weighted by Gasteiger charge is -2.18. The standard InChI is InChI=1S/C21H22F3N5O/c1-13-5-4-6-15(27-13)16-11-18(26-12-20(2,3)30)29-19(28-16)10-14-7-8-25-17(9-14)21(22,23)24/h4-9,11,30H,10,12H2,1-3H3,(H,26,28,29). The molecule has 0 fully saturated rings. The third-order valence-electron chi connectivity index (χ3n) is 4.10. The van der Waals surface area contributed by atoms with Crippen LogP contribution in [0.4, 0.5) is 19.0 Å². The van der Waals surface area contributed by atoms with Crippen LogP contribution in [-0.4, -0.2) is 37.2 Å². The summed E-state index contributed by atoms with van der Waals surface area (Å²) in [5.74, 6) is 0.777. The van der Waals surface area contributed by atoms with E-state index in [9.17, 15) is 18.3 Å². The van der Waals surface area contributed by atoms with Crippen LogP contribution in [0.1, 0.15) is 36.6 Å². The van der Waals surface area contributed by atoms with Crippen LogP contribution in [0, 0.1) is 6.92 Å². The number of aliphatic hydroxyl groups is 1. The Hall–Kier alpha value is -3.07. The first kappa shape index (κ1) is 21.6. The fraction of sp³-hybridized carbons (Fsp3) is 0.333. The van der Waals surface area contributed by atoms with Crippen molar-refractivity contribution in [3.63, 3.8) is 0 Å². The molecule has 9 heteroatoms. The van der Waals surface area contributed by atoms with Gasteiger partial charge in [0.1, 0.15) is 17.3 Å². The first-order valence-corrected chi connectivity index (χ1v) is 9.30. The second kappa shape index (κ2) is 8.35. The number of aryl methyl sites for hydroxylation is 1. The second-order valence-corrected chi connectivity index (χ2v) is 7.61. The molecule has 3 aromatic heterocycles. The Morgan fingerprint density at radius 2 is 1.77 bits per heavy atom. The zero-order valence-corrected chi connectivity index (χ0v) is 16.8. The van der Waals surface area contributed by atoms with Crippen molar-refractivity contribution in [3.05, 3.63) is 65.4 Å². The van der Waals surface area contributed by atoms with E-state index in [1.807, 2.05) is 19.1 Å². The van der Waals surface area contributed by atoms with Crippen LogP contribution in [0.3, 0.4) is 0 Å². The molecule has 0 spiro atoms. The molecular weight excluding hydrogens is 395 g/mol. The topological polar surface area (TPSA) is 83.8 Å². The van der Waals surface area contributed by atoms with Crippen molar-refractivity contribution >= 4 is 5.82 Å². The molecule has 0 radical (unpaired) electrons. The molecule has 0 atom stereocenters. The van der Waals surface area contributed by atoms with Crippen molar-refractivity contribution in [3.8, 4) is 11.4 Å². The summed E-state index contributed by atoms with van der Waals surface area (Å²) in [7, 11) is 0. The minimum absolute atomic E-state index is 0.0858. The summed E-state index contributed by atoms with van der Waals surface area (Å²) in [6.45, 7) is 5.40. The van der Waals surface area contributed by atoms with Gasteiger partial charge < -0.3 is 10.4 Å². The number of pyridine rings is 2. The van der Waals surface area contributed by atoms with Gasteiger partial charge in [-0.25, -0.2) is 9.97 Å². The van der Waals surface area contributed by atoms with E-state index < -0.39 is 17.5 Å². The predicted molar refractivity (Wildman–Crippen MR) is 107 cm³/mol. The molecule has 0 aromatic carbocycles. The van der Waals surface area contributed by atoms with Gasteiger partial charge in [0.25, 0.3) is 0 Å². The van der Waals surface area contributed by atoms with Gasteiger partial charge in [0.15, 0.2) is 0 Å². The number of anilines is 1. The molecule has 0 saturated carbocycles. The molecule has 158 valence electrons. The minimum Gasteiger partial charge on any atom is -0.389 e. The van der Waals surface area contributed by atoms with Crippen LogP contribution in [0.2, 0.25) is 0 Å². The number of aromatic nitrogens is 4. The van der Waals surface area contributed by atoms with Gasteiger partial charge in [-0.15, -0.1) is 0 Å². The van der Waals surface area contributed by atoms with E-state index in [0.717, 1.165) is 18.0 Å². The normalized spacial score (nSPS) is 12.1. The number of nitrogens with zero attached hydrogens (tertiary/aromatic N) is 4. The first-order chi connectivity index (χ1) is 14.0. The van der Waals surface area contributed by atoms with Crippen LogP contribution < -0.4 is 5.32 Å². The largest absolute Gasteiger partial charge is 0.433 e. The summed E-state index contributed by atoms with van der Waals surface area (Å²) in [5.41, 5.74) is 0.418. The molecular formula is C21H22F3N5O. The highest BCUT2D eigenvalue weighted by Gasteiger charge is 2.32. The fourth-order valence-electron chi connectivity index (χ4n) is 2.71. The average molecular weight is 417 g/mol. The lowest BCUT2D eigenvalue weighted by Crippen LogP contribution is -2.29. The quantitative estimate of drug-likeness (QED) is 0.630. The van der Waals surface area contributed by atoms with Crippen molar-refractivity contribution in [2.45, 2.75) is 39.0 Å². The van der Waals surface area contributed by atoms with Crippen LogP contribution in [0.5, 0.6) is 0 Å². The number of rotatable bonds is 6. The number of halogens is 3. The van der Waals surface area contributed by atoms with Gasteiger partial charge >= 0.3 is 6.18 Å². The summed E-state index contributed by atoms with van der Waals surface area (Å²) in [5, 5.41) is 13.0. The van der Waals surface area contributed by atoms with Crippen molar-refractivity contribution in [2.24, 2.45) is 0 Å². The smallest absolute Gasteiger partial charge is 0.389 e. The Bertz CT molecular complexity index is 1030. The van der Waals surface area contributed by atoms with Gasteiger partial charge in [-0.05, 0) is 50.6 Å². The second-order valence-electron chi connectivity index (χ2n) is 7.61. The first-order valence-electron chi connectivity index (χ1n) is 9.30. The summed E-state index contributed by atoms with van der Waals surface area (Å²) in [4.78, 5) is 16.8. The van der Waals surface area contributed by atoms with Gasteiger partial charge in [0.2, 0.25) is 0 Å². The van der Waals surface area contributed by atoms with Crippen LogP contribution in [-0.2, 0) is 12.6 Å². The molecule has 3 heterocycles. The van der Waals surface area contributed by atoms with Gasteiger partial charge in [-0.2, -0.15) is 13.2 Å². The SMILES string of the molecule is Cc1cccc(-c2cc(NCC(C)(C)O)nc(Cc3ccnc(C(F)(F)F)c3)n2)n1. The Morgan fingerprint density at radius 1 is 1.00 bits per heavy atom. The predicted octanol–water partition coefficient (Wildman–Crippen LogP) is 4.03. The number of hydrogen-bond acceptors (Lipinski definition) is 6. The molecule has 3 aromatic rings. The Morgan fingerprint density at radius 3 is 2.43 bits per heavy atom. The summed E-state index contributed by atoms with van der Waals surface area (Å²) < 4.78 is 38.9. The third kappa shape index (κ3) is 5.96. The third-order valence-corrected chi connectivity index (χ3v) is 4.10. The minimum atomic E-state index is -4.52. The van der Waals surface area contributed by atoms with Crippen molar-refractivity contribution < 1.29 is 18.3 Å². The zero-order valence-electron chi connectivity index (χ0n) is 16.8. The fourth-order valence-corrected chi connectivity index (χ4v) is 2.71. The molecule has 30 heavy (non-hydrogen) atoms. The lowest BCUT2D eigenvalue weighted by molar-refractivity contribution is -0.141. The molecule has 0 saturated heterocycles. The average Bonchev–Trinajstić information content (AvgIpc) is 2.65. The Balaban J connectivity index is 1.97. The highest BCUT2D eigenvalue weighted by atomic mass is 19.4. The molecule has 3 rings (SSSR count). The molecule has 6 nitrogen and oxygen atoms in total. The molecule has 0 aliphatic carbocycles. The molecule has 0 amide bonds. The van der Waals surface area contributed by atoms with E-state index in [1.54, 1.807) is 26.0 Å². The maximum Gasteiger partial charge on any atom is 0.433 e. The number of nitrogens with one attached hydrogen (secondary N) is 1. The van der Waals surface area contributed by atoms with Crippen LogP contribution in [0.25, 0.3) is 11.4 Å². The van der Waals surface area contributed by atoms with Crippen molar-refractivity contribution in [2.75, 3.05) is 11.9 Å². The van der Waals surface area contributed by atoms with E-state index >= 15 is 0 Å². The highest BCUT2D eigenvalue weighted by molar-refractivity contribution is 5.59. The maximum absolute atomic E-state index is 13.0. The lowest BCUT2D eigenvalue weighted by atomic mass is 10.1. The number of alkyl halides is 3. The van der Waals surface area contributed by atoms with Gasteiger partial charge in [0.05, 0.1) is 17.0 Å². The Labute approximate surface area is 172 Å². The molecule has 0 aliphatic heterocycles. The van der Waals surface area contributed by atoms with Crippen LogP contribution in [0.15, 0.2) is 42.6 Å².